The molecule has 0 unspecified atom stereocenters. The van der Waals surface area contributed by atoms with Crippen LogP contribution in [-0.2, 0) is 0 Å². The van der Waals surface area contributed by atoms with Gasteiger partial charge >= 0.3 is 0 Å². The van der Waals surface area contributed by atoms with Crippen molar-refractivity contribution in [2.45, 2.75) is 26.2 Å². The van der Waals surface area contributed by atoms with Crippen LogP contribution in [0.3, 0.4) is 0 Å². The zero-order valence-electron chi connectivity index (χ0n) is 9.14. The van der Waals surface area contributed by atoms with Crippen LogP contribution in [0, 0.1) is 12.0 Å². The Kier molecular flexibility index (Phi) is 3.01. The molecule has 0 fully saturated rings. The van der Waals surface area contributed by atoms with Crippen LogP contribution in [0.25, 0.3) is 11.2 Å². The van der Waals surface area contributed by atoms with E-state index in [1.807, 2.05) is 0 Å². The molecule has 5 nitrogen and oxygen atoms in total. The van der Waals surface area contributed by atoms with Gasteiger partial charge in [0.05, 0.1) is 0 Å². The number of aromatic nitrogens is 4. The number of nitrogen functional groups attached to an aromatic ring is 1. The summed E-state index contributed by atoms with van der Waals surface area (Å²) in [5, 5.41) is 0. The Morgan fingerprint density at radius 2 is 2.25 bits per heavy atom. The average Bonchev–Trinajstić information content (AvgIpc) is 2.70. The second kappa shape index (κ2) is 4.62. The molecule has 0 saturated carbocycles. The number of anilines is 1. The Bertz CT molecular complexity index is 546. The van der Waals surface area contributed by atoms with E-state index in [4.69, 9.17) is 5.73 Å². The largest absolute Gasteiger partial charge is 0.382 e. The summed E-state index contributed by atoms with van der Waals surface area (Å²) in [4.78, 5) is 12.1. The summed E-state index contributed by atoms with van der Waals surface area (Å²) in [7, 11) is 0. The number of hydrogen-bond donors (Lipinski definition) is 1. The highest BCUT2D eigenvalue weighted by molar-refractivity contribution is 5.81. The molecule has 0 aliphatic heterocycles. The minimum Gasteiger partial charge on any atom is -0.382 e. The van der Waals surface area contributed by atoms with Crippen LogP contribution >= 0.6 is 0 Å². The van der Waals surface area contributed by atoms with Crippen LogP contribution in [0.5, 0.6) is 0 Å². The molecule has 2 aromatic rings. The van der Waals surface area contributed by atoms with Gasteiger partial charge in [-0.2, -0.15) is 0 Å². The molecule has 2 rings (SSSR count). The van der Waals surface area contributed by atoms with Crippen molar-refractivity contribution in [2.75, 3.05) is 5.73 Å². The SMILES string of the molecule is CCCCC#Cn1cnc2c(N)ncnc21. The van der Waals surface area contributed by atoms with E-state index in [1.165, 1.54) is 6.33 Å². The predicted molar refractivity (Wildman–Crippen MR) is 62.4 cm³/mol. The fourth-order valence-electron chi connectivity index (χ4n) is 1.34. The van der Waals surface area contributed by atoms with E-state index in [0.29, 0.717) is 17.0 Å². The maximum Gasteiger partial charge on any atom is 0.177 e. The molecule has 0 aliphatic carbocycles. The topological polar surface area (TPSA) is 69.6 Å². The minimum absolute atomic E-state index is 0.388. The lowest BCUT2D eigenvalue weighted by Crippen LogP contribution is -1.94. The van der Waals surface area contributed by atoms with Gasteiger partial charge < -0.3 is 5.73 Å². The highest BCUT2D eigenvalue weighted by atomic mass is 15.1. The lowest BCUT2D eigenvalue weighted by Gasteiger charge is -1.93. The van der Waals surface area contributed by atoms with Crippen molar-refractivity contribution in [3.63, 3.8) is 0 Å². The summed E-state index contributed by atoms with van der Waals surface area (Å²) >= 11 is 0. The van der Waals surface area contributed by atoms with Crippen LogP contribution < -0.4 is 5.73 Å². The molecule has 0 aromatic carbocycles. The number of fused-ring (bicyclic) bond motifs is 1. The quantitative estimate of drug-likeness (QED) is 0.607. The lowest BCUT2D eigenvalue weighted by molar-refractivity contribution is 0.827. The van der Waals surface area contributed by atoms with Gasteiger partial charge in [0.15, 0.2) is 17.0 Å². The van der Waals surface area contributed by atoms with Gasteiger partial charge in [0, 0.05) is 12.5 Å². The maximum absolute atomic E-state index is 5.67. The molecular weight excluding hydrogens is 202 g/mol. The Morgan fingerprint density at radius 3 is 3.06 bits per heavy atom. The summed E-state index contributed by atoms with van der Waals surface area (Å²) in [6.07, 6.45) is 6.18. The number of hydrogen-bond acceptors (Lipinski definition) is 4. The summed E-state index contributed by atoms with van der Waals surface area (Å²) in [6.45, 7) is 2.14. The molecule has 2 aromatic heterocycles. The summed E-state index contributed by atoms with van der Waals surface area (Å²) in [6, 6.07) is 2.99. The van der Waals surface area contributed by atoms with Crippen molar-refractivity contribution in [2.24, 2.45) is 0 Å². The summed E-state index contributed by atoms with van der Waals surface area (Å²) in [5.41, 5.74) is 6.94. The van der Waals surface area contributed by atoms with Crippen LogP contribution in [0.15, 0.2) is 12.7 Å². The van der Waals surface area contributed by atoms with Crippen LogP contribution in [-0.4, -0.2) is 19.5 Å². The van der Waals surface area contributed by atoms with E-state index in [1.54, 1.807) is 10.9 Å². The standard InChI is InChI=1S/C11H13N5/c1-2-3-4-5-6-16-8-15-9-10(12)13-7-14-11(9)16/h7-8H,2-4H2,1H3,(H2,12,13,14). The van der Waals surface area contributed by atoms with Gasteiger partial charge in [-0.15, -0.1) is 0 Å². The highest BCUT2D eigenvalue weighted by Gasteiger charge is 2.05. The first-order valence-electron chi connectivity index (χ1n) is 5.25. The van der Waals surface area contributed by atoms with Crippen LogP contribution in [0.2, 0.25) is 0 Å². The molecule has 0 amide bonds. The first-order chi connectivity index (χ1) is 7.83. The van der Waals surface area contributed by atoms with Crippen molar-refractivity contribution >= 4 is 17.0 Å². The van der Waals surface area contributed by atoms with E-state index < -0.39 is 0 Å². The Morgan fingerprint density at radius 1 is 1.38 bits per heavy atom. The smallest absolute Gasteiger partial charge is 0.177 e. The highest BCUT2D eigenvalue weighted by Crippen LogP contribution is 2.12. The number of nitrogens with zero attached hydrogens (tertiary/aromatic N) is 4. The Balaban J connectivity index is 2.31. The molecule has 2 heterocycles. The van der Waals surface area contributed by atoms with E-state index >= 15 is 0 Å². The van der Waals surface area contributed by atoms with E-state index in [9.17, 15) is 0 Å². The van der Waals surface area contributed by atoms with Crippen molar-refractivity contribution in [1.82, 2.24) is 19.5 Å². The van der Waals surface area contributed by atoms with Gasteiger partial charge in [0.1, 0.15) is 12.7 Å². The molecule has 5 heteroatoms. The third-order valence-corrected chi connectivity index (χ3v) is 2.22. The molecule has 0 spiro atoms. The molecule has 0 aliphatic rings. The lowest BCUT2D eigenvalue weighted by atomic mass is 10.3. The van der Waals surface area contributed by atoms with Crippen molar-refractivity contribution in [1.29, 1.82) is 0 Å². The van der Waals surface area contributed by atoms with Crippen LogP contribution in [0.4, 0.5) is 5.82 Å². The summed E-state index contributed by atoms with van der Waals surface area (Å²) < 4.78 is 1.68. The van der Waals surface area contributed by atoms with Crippen molar-refractivity contribution in [3.05, 3.63) is 12.7 Å². The first-order valence-corrected chi connectivity index (χ1v) is 5.25. The number of rotatable bonds is 2. The van der Waals surface area contributed by atoms with Gasteiger partial charge in [0.25, 0.3) is 0 Å². The van der Waals surface area contributed by atoms with Gasteiger partial charge in [-0.3, -0.25) is 0 Å². The Hall–Kier alpha value is -2.09. The monoisotopic (exact) mass is 215 g/mol. The minimum atomic E-state index is 0.388. The number of unbranched alkanes of at least 4 members (excludes halogenated alkanes) is 2. The van der Waals surface area contributed by atoms with Gasteiger partial charge in [-0.1, -0.05) is 19.3 Å². The molecule has 2 N–H and O–H groups in total. The maximum atomic E-state index is 5.67. The zero-order chi connectivity index (χ0) is 11.4. The van der Waals surface area contributed by atoms with Gasteiger partial charge in [0.2, 0.25) is 0 Å². The number of imidazole rings is 1. The first kappa shape index (κ1) is 10.4. The predicted octanol–water partition coefficient (Wildman–Crippen LogP) is 1.41. The van der Waals surface area contributed by atoms with Crippen LogP contribution in [0.1, 0.15) is 26.2 Å². The molecule has 0 saturated heterocycles. The van der Waals surface area contributed by atoms with E-state index in [0.717, 1.165) is 19.3 Å². The van der Waals surface area contributed by atoms with Gasteiger partial charge in [-0.25, -0.2) is 19.5 Å². The summed E-state index contributed by atoms with van der Waals surface area (Å²) in [5.74, 6) is 3.46. The molecule has 0 radical (unpaired) electrons. The molecule has 0 atom stereocenters. The Labute approximate surface area is 93.7 Å². The third kappa shape index (κ3) is 1.96. The third-order valence-electron chi connectivity index (χ3n) is 2.22. The fraction of sp³-hybridized carbons (Fsp3) is 0.364. The van der Waals surface area contributed by atoms with Gasteiger partial charge in [-0.05, 0) is 6.42 Å². The average molecular weight is 215 g/mol. The molecule has 0 bridgehead atoms. The second-order valence-electron chi connectivity index (χ2n) is 3.44. The molecular formula is C11H13N5. The number of nitrogens with two attached hydrogens (primary N) is 1. The van der Waals surface area contributed by atoms with Crippen molar-refractivity contribution in [3.8, 4) is 12.0 Å². The van der Waals surface area contributed by atoms with E-state index in [-0.39, 0.29) is 0 Å². The molecule has 82 valence electrons. The fourth-order valence-corrected chi connectivity index (χ4v) is 1.34. The van der Waals surface area contributed by atoms with E-state index in [2.05, 4.69) is 33.8 Å². The second-order valence-corrected chi connectivity index (χ2v) is 3.44. The normalized spacial score (nSPS) is 10.1. The molecule has 16 heavy (non-hydrogen) atoms. The van der Waals surface area contributed by atoms with Crippen molar-refractivity contribution < 1.29 is 0 Å². The zero-order valence-corrected chi connectivity index (χ0v) is 9.14.